The van der Waals surface area contributed by atoms with Crippen LogP contribution in [0.4, 0.5) is 0 Å². The third-order valence-corrected chi connectivity index (χ3v) is 24.4. The number of piperidine rings is 4. The number of likely N-dealkylation sites (N-methyl/N-ethyl adjacent to an activating group) is 2. The highest BCUT2D eigenvalue weighted by Crippen LogP contribution is 2.68. The van der Waals surface area contributed by atoms with Crippen LogP contribution in [-0.2, 0) is 66.5 Å². The minimum Gasteiger partial charge on any atom is -0.870 e. The molecule has 0 radical (unpaired) electrons. The van der Waals surface area contributed by atoms with Crippen LogP contribution in [0.5, 0.6) is 46.0 Å². The predicted molar refractivity (Wildman–Crippen MR) is 311 cm³/mol. The molecule has 0 aromatic heterocycles. The maximum Gasteiger partial charge on any atom is 0.197 e. The van der Waals surface area contributed by atoms with Gasteiger partial charge in [-0.15, -0.1) is 0 Å². The molecule has 8 aliphatic carbocycles. The molecule has 21 rings (SSSR count). The lowest BCUT2D eigenvalue weighted by Gasteiger charge is -2.57. The van der Waals surface area contributed by atoms with Crippen molar-refractivity contribution < 1.29 is 84.2 Å². The summed E-state index contributed by atoms with van der Waals surface area (Å²) >= 11 is 0. The molecule has 5 saturated heterocycles. The molecule has 88 heavy (non-hydrogen) atoms. The van der Waals surface area contributed by atoms with Gasteiger partial charge in [0.05, 0.1) is 41.9 Å². The number of ether oxygens (including phenoxy) is 5. The number of allylic oxidation sites excluding steroid dienone is 2. The summed E-state index contributed by atoms with van der Waals surface area (Å²) in [6.07, 6.45) is 18.1. The largest absolute Gasteiger partial charge is 0.870 e. The van der Waals surface area contributed by atoms with Gasteiger partial charge in [-0.25, -0.2) is 0 Å². The van der Waals surface area contributed by atoms with Gasteiger partial charge in [-0.3, -0.25) is 24.2 Å². The van der Waals surface area contributed by atoms with Crippen LogP contribution in [0.3, 0.4) is 0 Å². The van der Waals surface area contributed by atoms with Crippen molar-refractivity contribution in [2.45, 2.75) is 138 Å². The quantitative estimate of drug-likeness (QED) is 0.131. The van der Waals surface area contributed by atoms with Gasteiger partial charge in [0.1, 0.15) is 35.7 Å². The van der Waals surface area contributed by atoms with Crippen molar-refractivity contribution in [2.75, 3.05) is 53.6 Å². The molecule has 17 atom stereocenters. The molecule has 9 heterocycles. The monoisotopic (exact) mass is 1200 g/mol. The van der Waals surface area contributed by atoms with Gasteiger partial charge in [-0.05, 0) is 153 Å². The van der Waals surface area contributed by atoms with Crippen molar-refractivity contribution in [3.05, 3.63) is 153 Å². The molecule has 0 saturated carbocycles. The molecule has 0 amide bonds. The van der Waals surface area contributed by atoms with Crippen LogP contribution < -0.4 is 29.2 Å². The summed E-state index contributed by atoms with van der Waals surface area (Å²) in [4.78, 5) is 43.4. The Labute approximate surface area is 505 Å². The number of phenolic OH excluding ortho intramolecular Hbond substituents is 4. The van der Waals surface area contributed by atoms with E-state index >= 15 is 0 Å². The van der Waals surface area contributed by atoms with E-state index in [0.717, 1.165) is 91.7 Å². The number of carbonyl (C=O) groups excluding carboxylic acids is 3. The van der Waals surface area contributed by atoms with Crippen LogP contribution in [-0.4, -0.2) is 187 Å². The van der Waals surface area contributed by atoms with Gasteiger partial charge in [0.2, 0.25) is 0 Å². The zero-order valence-electron chi connectivity index (χ0n) is 48.5. The smallest absolute Gasteiger partial charge is 0.197 e. The topological polar surface area (TPSA) is 292 Å². The molecular formula is C68H68N4O16. The summed E-state index contributed by atoms with van der Waals surface area (Å²) in [7, 11) is 4.28. The molecule has 4 aromatic rings. The standard InChI is InChI=1S/C18H19NO3.C17H15NO4.C17H17NO4.C16H15NO4.H2O/c1-19-7-6-18-12-4-2-11(9-20)17(18)22-16-14(21)5-3-10(15(16)18)8-13(12)19;19-10-2-1-9-7-12-17-4-3-11(20)15-16(17,13(9)14(10)22-15)5-6-18(12)8-21-17;1-18-7-6-16-13-9-2-3-10(19)14(13)22-15(16)11(20)4-5-17(16,21)12(18)8-9;18-9-2-1-8-7-11-16(20)4-3-10(19)14-15(16,5-6-17-11)12(8)13(9)21-14;/h2-5,13,17,20-21H,6-9H2,1H3;1-4,12,15,19H,5-8H2;2-5,12,15,19,21H,6-8H2,1H3;1-4,11,14,17-18,20H,5-7H2;1H2/t13-,17+,18+;2*12-,15+,16+,17-;11-,14+,15+,16-;/m1111./s1. The van der Waals surface area contributed by atoms with Gasteiger partial charge >= 0.3 is 0 Å². The number of aromatic hydroxyl groups is 4. The Balaban J connectivity index is 0.0000000907. The van der Waals surface area contributed by atoms with E-state index in [1.54, 1.807) is 42.5 Å². The highest BCUT2D eigenvalue weighted by atomic mass is 16.5. The van der Waals surface area contributed by atoms with Gasteiger partial charge in [0, 0.05) is 59.8 Å². The molecule has 10 N–H and O–H groups in total. The minimum absolute atomic E-state index is 0. The van der Waals surface area contributed by atoms with E-state index in [0.29, 0.717) is 55.0 Å². The lowest BCUT2D eigenvalue weighted by atomic mass is 9.51. The van der Waals surface area contributed by atoms with Crippen molar-refractivity contribution in [3.8, 4) is 46.0 Å². The first kappa shape index (κ1) is 54.8. The number of aliphatic hydroxyl groups excluding tert-OH is 1. The van der Waals surface area contributed by atoms with Crippen molar-refractivity contribution in [1.82, 2.24) is 15.1 Å². The normalized spacial score (nSPS) is 40.9. The van der Waals surface area contributed by atoms with E-state index < -0.39 is 51.4 Å². The Kier molecular flexibility index (Phi) is 11.0. The number of aliphatic hydroxyl groups is 3. The lowest BCUT2D eigenvalue weighted by molar-refractivity contribution is -0.922. The molecule has 456 valence electrons. The number of quaternary nitrogens is 1. The van der Waals surface area contributed by atoms with E-state index in [2.05, 4.69) is 35.3 Å². The number of likely N-dealkylation sites (tertiary alicyclic amines) is 2. The third-order valence-electron chi connectivity index (χ3n) is 24.4. The van der Waals surface area contributed by atoms with Gasteiger partial charge in [0.15, 0.2) is 81.7 Å². The van der Waals surface area contributed by atoms with E-state index in [4.69, 9.17) is 23.7 Å². The Hall–Kier alpha value is -7.37. The number of carbonyl (C=O) groups is 3. The summed E-state index contributed by atoms with van der Waals surface area (Å²) in [6.45, 7) is 4.12. The number of nitrogens with zero attached hydrogens (tertiary/aromatic N) is 2. The van der Waals surface area contributed by atoms with Gasteiger partial charge in [-0.1, -0.05) is 36.4 Å². The van der Waals surface area contributed by atoms with E-state index in [1.807, 2.05) is 36.4 Å². The van der Waals surface area contributed by atoms with Crippen LogP contribution in [0, 0.1) is 0 Å². The summed E-state index contributed by atoms with van der Waals surface area (Å²) in [6, 6.07) is 15.0. The molecule has 9 aliphatic heterocycles. The van der Waals surface area contributed by atoms with Crippen LogP contribution >= 0.6 is 0 Å². The highest BCUT2D eigenvalue weighted by Gasteiger charge is 2.77. The van der Waals surface area contributed by atoms with Crippen LogP contribution in [0.2, 0.25) is 0 Å². The summed E-state index contributed by atoms with van der Waals surface area (Å²) in [5.41, 5.74) is 5.90. The second-order valence-corrected chi connectivity index (χ2v) is 27.4. The third kappa shape index (κ3) is 6.06. The zero-order valence-corrected chi connectivity index (χ0v) is 48.5. The molecule has 5 spiro atoms. The molecule has 4 aromatic carbocycles. The van der Waals surface area contributed by atoms with E-state index in [-0.39, 0.29) is 82.1 Å². The summed E-state index contributed by atoms with van der Waals surface area (Å²) in [5.74, 6) is 2.10. The minimum atomic E-state index is -1.14. The predicted octanol–water partition coefficient (Wildman–Crippen LogP) is 1.50. The summed E-state index contributed by atoms with van der Waals surface area (Å²) in [5, 5.41) is 76.9. The Bertz CT molecular complexity index is 4030. The van der Waals surface area contributed by atoms with E-state index in [9.17, 15) is 50.1 Å². The number of hydrogen-bond donors (Lipinski definition) is 9. The molecule has 20 heteroatoms. The molecule has 10 bridgehead atoms. The lowest BCUT2D eigenvalue weighted by Crippen LogP contribution is -3.19. The second-order valence-electron chi connectivity index (χ2n) is 27.4. The number of nitrogens with one attached hydrogen (secondary N) is 2. The van der Waals surface area contributed by atoms with Crippen LogP contribution in [0.25, 0.3) is 0 Å². The maximum absolute atomic E-state index is 12.5. The van der Waals surface area contributed by atoms with Crippen molar-refractivity contribution in [1.29, 1.82) is 0 Å². The molecule has 2 unspecified atom stereocenters. The Morgan fingerprint density at radius 3 is 1.77 bits per heavy atom. The SMILES string of the molecule is CN1CC[C@@]23C4=CC=C(CO)[C@@H]2Oc2c(O)ccc(c23)C[C@H]41.C[NH+]1CC[C@]23c4c5ccc(O)c4O[C@H]2C(=O)C=C[C@@]3(O)[C@H]1C5.O=C1C=C[C@@]2(O)[C@H]3Cc4ccc(O)c5c4[C@@]2(CCN3)[C@H]1O5.O=C1C=C[C@]23OCN4CC[C@@]25c2c(ccc(O)c2O[C@@H]15)C[C@@H]43.[OH-]. The van der Waals surface area contributed by atoms with Gasteiger partial charge < -0.3 is 75.1 Å². The second kappa shape index (κ2) is 17.7. The fourth-order valence-electron chi connectivity index (χ4n) is 20.7. The van der Waals surface area contributed by atoms with Crippen molar-refractivity contribution >= 4 is 17.3 Å². The average molecular weight is 1200 g/mol. The van der Waals surface area contributed by atoms with Crippen molar-refractivity contribution in [2.24, 2.45) is 0 Å². The number of phenols is 4. The molecule has 17 aliphatic rings. The highest BCUT2D eigenvalue weighted by molar-refractivity contribution is 6.00. The Morgan fingerprint density at radius 2 is 1.14 bits per heavy atom. The number of ketones is 3. The van der Waals surface area contributed by atoms with E-state index in [1.165, 1.54) is 39.3 Å². The summed E-state index contributed by atoms with van der Waals surface area (Å²) < 4.78 is 30.3. The molecule has 5 fully saturated rings. The number of benzene rings is 4. The van der Waals surface area contributed by atoms with Gasteiger partial charge in [-0.2, -0.15) is 0 Å². The van der Waals surface area contributed by atoms with Crippen LogP contribution in [0.1, 0.15) is 70.2 Å². The fourth-order valence-corrected chi connectivity index (χ4v) is 20.7. The zero-order chi connectivity index (χ0) is 59.4. The van der Waals surface area contributed by atoms with Gasteiger partial charge in [0.25, 0.3) is 0 Å². The first-order chi connectivity index (χ1) is 41.9. The van der Waals surface area contributed by atoms with Crippen LogP contribution in [0.15, 0.2) is 108 Å². The average Bonchev–Trinajstić information content (AvgIpc) is 1.44. The van der Waals surface area contributed by atoms with Crippen molar-refractivity contribution in [3.63, 3.8) is 0 Å². The number of rotatable bonds is 1. The molecular weight excluding hydrogens is 1130 g/mol. The first-order valence-electron chi connectivity index (χ1n) is 30.8. The fraction of sp³-hybridized carbons (Fsp3) is 0.456. The first-order valence-corrected chi connectivity index (χ1v) is 30.8. The number of hydrogen-bond acceptors (Lipinski definition) is 19. The maximum atomic E-state index is 12.5. The molecule has 20 nitrogen and oxygen atoms in total. The Morgan fingerprint density at radius 1 is 0.602 bits per heavy atom.